The Morgan fingerprint density at radius 3 is 2.45 bits per heavy atom. The van der Waals surface area contributed by atoms with Crippen LogP contribution >= 0.6 is 0 Å². The van der Waals surface area contributed by atoms with Crippen molar-refractivity contribution in [1.82, 2.24) is 15.7 Å². The predicted molar refractivity (Wildman–Crippen MR) is 119 cm³/mol. The van der Waals surface area contributed by atoms with E-state index in [2.05, 4.69) is 10.2 Å². The van der Waals surface area contributed by atoms with Crippen LogP contribution in [-0.4, -0.2) is 48.2 Å². The first kappa shape index (κ1) is 21.9. The molecule has 1 saturated carbocycles. The highest BCUT2D eigenvalue weighted by Crippen LogP contribution is 2.40. The molecule has 2 aliphatic rings. The number of piperidine rings is 1. The number of halogens is 1. The monoisotopic (exact) mass is 425 g/mol. The summed E-state index contributed by atoms with van der Waals surface area (Å²) >= 11 is 0. The highest BCUT2D eigenvalue weighted by atomic mass is 19.1. The molecule has 0 radical (unpaired) electrons. The number of benzene rings is 2. The van der Waals surface area contributed by atoms with E-state index in [-0.39, 0.29) is 5.82 Å². The Bertz CT molecular complexity index is 848. The maximum atomic E-state index is 13.1. The molecule has 1 aliphatic heterocycles. The maximum absolute atomic E-state index is 13.1. The smallest absolute Gasteiger partial charge is 0.274 e. The second kappa shape index (κ2) is 10.4. The first-order chi connectivity index (χ1) is 15.1. The van der Waals surface area contributed by atoms with E-state index in [1.165, 1.54) is 24.0 Å². The van der Waals surface area contributed by atoms with Crippen molar-refractivity contribution in [2.45, 2.75) is 44.1 Å². The summed E-state index contributed by atoms with van der Waals surface area (Å²) in [6.45, 7) is 4.51. The van der Waals surface area contributed by atoms with E-state index in [4.69, 9.17) is 5.21 Å². The predicted octanol–water partition coefficient (Wildman–Crippen LogP) is 3.74. The Labute approximate surface area is 183 Å². The quantitative estimate of drug-likeness (QED) is 0.423. The van der Waals surface area contributed by atoms with Crippen molar-refractivity contribution >= 4 is 5.91 Å². The van der Waals surface area contributed by atoms with Crippen molar-refractivity contribution in [2.75, 3.05) is 26.2 Å². The fourth-order valence-electron chi connectivity index (χ4n) is 4.63. The molecule has 31 heavy (non-hydrogen) atoms. The van der Waals surface area contributed by atoms with Gasteiger partial charge in [-0.2, -0.15) is 0 Å². The number of nitrogens with one attached hydrogen (secondary N) is 2. The van der Waals surface area contributed by atoms with Crippen molar-refractivity contribution in [2.24, 2.45) is 5.92 Å². The van der Waals surface area contributed by atoms with Gasteiger partial charge in [-0.1, -0.05) is 24.3 Å². The Hall–Kier alpha value is -2.28. The van der Waals surface area contributed by atoms with Crippen LogP contribution < -0.4 is 10.8 Å². The van der Waals surface area contributed by atoms with Gasteiger partial charge in [0, 0.05) is 17.5 Å². The van der Waals surface area contributed by atoms with Crippen LogP contribution in [0.25, 0.3) is 0 Å². The van der Waals surface area contributed by atoms with Crippen LogP contribution in [0.4, 0.5) is 4.39 Å². The number of hydrogen-bond acceptors (Lipinski definition) is 4. The fourth-order valence-corrected chi connectivity index (χ4v) is 4.63. The molecule has 0 spiro atoms. The average molecular weight is 426 g/mol. The van der Waals surface area contributed by atoms with Gasteiger partial charge in [0.2, 0.25) is 0 Å². The topological polar surface area (TPSA) is 64.6 Å². The summed E-state index contributed by atoms with van der Waals surface area (Å²) < 4.78 is 13.1. The molecule has 4 rings (SSSR count). The van der Waals surface area contributed by atoms with Crippen molar-refractivity contribution < 1.29 is 14.4 Å². The molecule has 2 aromatic rings. The molecule has 1 aliphatic carbocycles. The number of hydroxylamine groups is 1. The van der Waals surface area contributed by atoms with Crippen LogP contribution in [-0.2, 0) is 6.42 Å². The number of carbonyl (C=O) groups is 1. The molecule has 6 heteroatoms. The lowest BCUT2D eigenvalue weighted by Crippen LogP contribution is -2.38. The first-order valence-electron chi connectivity index (χ1n) is 11.4. The van der Waals surface area contributed by atoms with Gasteiger partial charge >= 0.3 is 0 Å². The van der Waals surface area contributed by atoms with E-state index >= 15 is 0 Å². The van der Waals surface area contributed by atoms with Crippen molar-refractivity contribution in [3.8, 4) is 0 Å². The molecule has 166 valence electrons. The number of rotatable bonds is 9. The zero-order chi connectivity index (χ0) is 21.6. The van der Waals surface area contributed by atoms with Gasteiger partial charge in [-0.15, -0.1) is 0 Å². The molecular weight excluding hydrogens is 393 g/mol. The van der Waals surface area contributed by atoms with Crippen LogP contribution in [0.5, 0.6) is 0 Å². The number of carbonyl (C=O) groups excluding carboxylic acids is 1. The summed E-state index contributed by atoms with van der Waals surface area (Å²) in [6.07, 6.45) is 5.75. The molecular formula is C25H32FN3O2. The molecule has 1 heterocycles. The lowest BCUT2D eigenvalue weighted by molar-refractivity contribution is 0.0706. The van der Waals surface area contributed by atoms with Gasteiger partial charge in [-0.25, -0.2) is 9.87 Å². The van der Waals surface area contributed by atoms with E-state index in [0.29, 0.717) is 17.5 Å². The third-order valence-corrected chi connectivity index (χ3v) is 6.72. The number of nitrogens with zero attached hydrogens (tertiary/aromatic N) is 1. The molecule has 0 aromatic heterocycles. The molecule has 3 N–H and O–H groups in total. The highest BCUT2D eigenvalue weighted by Gasteiger charge is 2.38. The zero-order valence-corrected chi connectivity index (χ0v) is 17.9. The molecule has 2 unspecified atom stereocenters. The van der Waals surface area contributed by atoms with Crippen LogP contribution in [0.1, 0.15) is 53.1 Å². The molecule has 0 bridgehead atoms. The Kier molecular flexibility index (Phi) is 7.33. The van der Waals surface area contributed by atoms with Gasteiger partial charge in [0.05, 0.1) is 0 Å². The van der Waals surface area contributed by atoms with Crippen molar-refractivity contribution in [3.05, 3.63) is 71.0 Å². The van der Waals surface area contributed by atoms with Gasteiger partial charge in [0.15, 0.2) is 0 Å². The van der Waals surface area contributed by atoms with Gasteiger partial charge in [0.25, 0.3) is 5.91 Å². The molecule has 2 atom stereocenters. The molecule has 2 aromatic carbocycles. The van der Waals surface area contributed by atoms with Crippen LogP contribution in [0.2, 0.25) is 0 Å². The van der Waals surface area contributed by atoms with Gasteiger partial charge < -0.3 is 10.2 Å². The standard InChI is InChI=1S/C25H32FN3O2/c26-22-9-7-20(8-10-22)23-16-24(23)27-17-19-11-14-29(15-12-19)13-1-2-18-3-5-21(6-4-18)25(30)28-31/h3-10,19,23-24,27,31H,1-2,11-17H2,(H,28,30). The third-order valence-electron chi connectivity index (χ3n) is 6.72. The van der Waals surface area contributed by atoms with Crippen LogP contribution in [0.3, 0.4) is 0 Å². The summed E-state index contributed by atoms with van der Waals surface area (Å²) in [5, 5.41) is 12.4. The van der Waals surface area contributed by atoms with Crippen LogP contribution in [0.15, 0.2) is 48.5 Å². The minimum atomic E-state index is -0.475. The normalized spacial score (nSPS) is 21.7. The Balaban J connectivity index is 1.09. The first-order valence-corrected chi connectivity index (χ1v) is 11.4. The second-order valence-corrected chi connectivity index (χ2v) is 8.93. The maximum Gasteiger partial charge on any atom is 0.274 e. The minimum absolute atomic E-state index is 0.161. The number of aryl methyl sites for hydroxylation is 1. The summed E-state index contributed by atoms with van der Waals surface area (Å²) in [6, 6.07) is 14.9. The highest BCUT2D eigenvalue weighted by molar-refractivity contribution is 5.93. The van der Waals surface area contributed by atoms with E-state index in [1.54, 1.807) is 29.7 Å². The number of amides is 1. The molecule has 2 fully saturated rings. The van der Waals surface area contributed by atoms with E-state index in [9.17, 15) is 9.18 Å². The summed E-state index contributed by atoms with van der Waals surface area (Å²) in [5.74, 6) is 0.658. The molecule has 1 amide bonds. The summed E-state index contributed by atoms with van der Waals surface area (Å²) in [7, 11) is 0. The van der Waals surface area contributed by atoms with Crippen molar-refractivity contribution in [1.29, 1.82) is 0 Å². The van der Waals surface area contributed by atoms with Crippen LogP contribution in [0, 0.1) is 11.7 Å². The second-order valence-electron chi connectivity index (χ2n) is 8.93. The lowest BCUT2D eigenvalue weighted by atomic mass is 9.96. The summed E-state index contributed by atoms with van der Waals surface area (Å²) in [4.78, 5) is 13.9. The Morgan fingerprint density at radius 2 is 1.77 bits per heavy atom. The minimum Gasteiger partial charge on any atom is -0.313 e. The largest absolute Gasteiger partial charge is 0.313 e. The lowest BCUT2D eigenvalue weighted by Gasteiger charge is -2.32. The molecule has 1 saturated heterocycles. The number of likely N-dealkylation sites (tertiary alicyclic amines) is 1. The van der Waals surface area contributed by atoms with Gasteiger partial charge in [-0.05, 0) is 99.6 Å². The summed E-state index contributed by atoms with van der Waals surface area (Å²) in [5.41, 5.74) is 4.59. The third kappa shape index (κ3) is 6.12. The average Bonchev–Trinajstić information content (AvgIpc) is 3.59. The van der Waals surface area contributed by atoms with Gasteiger partial charge in [0.1, 0.15) is 5.82 Å². The van der Waals surface area contributed by atoms with E-state index in [1.807, 2.05) is 24.3 Å². The van der Waals surface area contributed by atoms with Gasteiger partial charge in [-0.3, -0.25) is 10.0 Å². The Morgan fingerprint density at radius 1 is 1.06 bits per heavy atom. The zero-order valence-electron chi connectivity index (χ0n) is 17.9. The molecule has 5 nitrogen and oxygen atoms in total. The fraction of sp³-hybridized carbons (Fsp3) is 0.480. The van der Waals surface area contributed by atoms with E-state index < -0.39 is 5.91 Å². The van der Waals surface area contributed by atoms with E-state index in [0.717, 1.165) is 51.4 Å². The number of hydrogen-bond donors (Lipinski definition) is 3. The van der Waals surface area contributed by atoms with Crippen molar-refractivity contribution in [3.63, 3.8) is 0 Å². The SMILES string of the molecule is O=C(NO)c1ccc(CCCN2CCC(CNC3CC3c3ccc(F)cc3)CC2)cc1.